The van der Waals surface area contributed by atoms with Crippen LogP contribution in [0.1, 0.15) is 0 Å². The van der Waals surface area contributed by atoms with Crippen LogP contribution >= 0.6 is 15.9 Å². The van der Waals surface area contributed by atoms with Gasteiger partial charge in [-0.2, -0.15) is 4.98 Å². The van der Waals surface area contributed by atoms with Crippen molar-refractivity contribution in [2.24, 2.45) is 0 Å². The fourth-order valence-electron chi connectivity index (χ4n) is 0.822. The monoisotopic (exact) mass is 261 g/mol. The van der Waals surface area contributed by atoms with Gasteiger partial charge in [-0.1, -0.05) is 0 Å². The molecular weight excluding hydrogens is 250 g/mol. The second kappa shape index (κ2) is 5.02. The third-order valence-corrected chi connectivity index (χ3v) is 2.10. The summed E-state index contributed by atoms with van der Waals surface area (Å²) in [5.74, 6) is 0.689. The Morgan fingerprint density at radius 3 is 2.79 bits per heavy atom. The Labute approximate surface area is 90.5 Å². The highest BCUT2D eigenvalue weighted by Gasteiger charge is 2.06. The molecule has 1 heterocycles. The number of methoxy groups -OCH3 is 1. The molecule has 0 aliphatic heterocycles. The summed E-state index contributed by atoms with van der Waals surface area (Å²) in [6.45, 7) is 0.920. The van der Waals surface area contributed by atoms with Crippen LogP contribution in [0.4, 0.5) is 11.5 Å². The number of halogens is 1. The van der Waals surface area contributed by atoms with E-state index in [9.17, 15) is 0 Å². The first kappa shape index (κ1) is 11.1. The van der Waals surface area contributed by atoms with Crippen LogP contribution in [0, 0.1) is 0 Å². The third kappa shape index (κ3) is 2.74. The Bertz CT molecular complexity index is 320. The Morgan fingerprint density at radius 2 is 2.14 bits per heavy atom. The van der Waals surface area contributed by atoms with Crippen LogP contribution in [-0.4, -0.2) is 25.3 Å². The second-order valence-corrected chi connectivity index (χ2v) is 3.45. The fraction of sp³-hybridized carbons (Fsp3) is 0.375. The van der Waals surface area contributed by atoms with Crippen molar-refractivity contribution in [1.29, 1.82) is 0 Å². The summed E-state index contributed by atoms with van der Waals surface area (Å²) < 4.78 is 10.8. The topological polar surface area (TPSA) is 83.4 Å². The van der Waals surface area contributed by atoms with Gasteiger partial charge in [0.05, 0.1) is 16.8 Å². The SMILES string of the molecule is COCCOc1nc(N)c(N)cc1Br. The maximum absolute atomic E-state index is 5.55. The van der Waals surface area contributed by atoms with Gasteiger partial charge in [0.25, 0.3) is 0 Å². The molecule has 0 aromatic carbocycles. The predicted octanol–water partition coefficient (Wildman–Crippen LogP) is 1.03. The maximum atomic E-state index is 5.55. The summed E-state index contributed by atoms with van der Waals surface area (Å²) in [5.41, 5.74) is 11.5. The summed E-state index contributed by atoms with van der Waals surface area (Å²) in [4.78, 5) is 3.97. The molecule has 0 saturated heterocycles. The van der Waals surface area contributed by atoms with E-state index in [4.69, 9.17) is 20.9 Å². The van der Waals surface area contributed by atoms with Crippen molar-refractivity contribution in [3.05, 3.63) is 10.5 Å². The standard InChI is InChI=1S/C8H12BrN3O2/c1-13-2-3-14-8-5(9)4-6(10)7(11)12-8/h4H,2-3,10H2,1H3,(H2,11,12). The van der Waals surface area contributed by atoms with Crippen LogP contribution in [-0.2, 0) is 4.74 Å². The number of nitrogens with zero attached hydrogens (tertiary/aromatic N) is 1. The lowest BCUT2D eigenvalue weighted by Crippen LogP contribution is -2.07. The molecule has 1 aromatic heterocycles. The minimum absolute atomic E-state index is 0.264. The summed E-state index contributed by atoms with van der Waals surface area (Å²) in [5, 5.41) is 0. The molecule has 6 heteroatoms. The van der Waals surface area contributed by atoms with Gasteiger partial charge in [0.15, 0.2) is 5.82 Å². The number of rotatable bonds is 4. The zero-order valence-electron chi connectivity index (χ0n) is 7.79. The fourth-order valence-corrected chi connectivity index (χ4v) is 1.27. The third-order valence-electron chi connectivity index (χ3n) is 1.53. The largest absolute Gasteiger partial charge is 0.474 e. The molecule has 78 valence electrons. The number of hydrogen-bond acceptors (Lipinski definition) is 5. The van der Waals surface area contributed by atoms with Crippen molar-refractivity contribution >= 4 is 27.4 Å². The summed E-state index contributed by atoms with van der Waals surface area (Å²) in [6.07, 6.45) is 0. The molecule has 0 saturated carbocycles. The van der Waals surface area contributed by atoms with Crippen molar-refractivity contribution in [1.82, 2.24) is 4.98 Å². The Kier molecular flexibility index (Phi) is 3.97. The normalized spacial score (nSPS) is 10.1. The van der Waals surface area contributed by atoms with E-state index in [-0.39, 0.29) is 5.82 Å². The Morgan fingerprint density at radius 1 is 1.43 bits per heavy atom. The first-order valence-electron chi connectivity index (χ1n) is 3.98. The van der Waals surface area contributed by atoms with Crippen LogP contribution < -0.4 is 16.2 Å². The molecule has 5 nitrogen and oxygen atoms in total. The lowest BCUT2D eigenvalue weighted by atomic mass is 10.4. The van der Waals surface area contributed by atoms with Crippen LogP contribution in [0.25, 0.3) is 0 Å². The van der Waals surface area contributed by atoms with Crippen LogP contribution in [0.15, 0.2) is 10.5 Å². The minimum atomic E-state index is 0.264. The molecule has 0 spiro atoms. The molecule has 0 bridgehead atoms. The van der Waals surface area contributed by atoms with E-state index in [2.05, 4.69) is 20.9 Å². The number of aromatic nitrogens is 1. The highest BCUT2D eigenvalue weighted by atomic mass is 79.9. The summed E-state index contributed by atoms with van der Waals surface area (Å²) >= 11 is 3.27. The molecule has 0 unspecified atom stereocenters. The van der Waals surface area contributed by atoms with E-state index in [1.165, 1.54) is 0 Å². The van der Waals surface area contributed by atoms with E-state index < -0.39 is 0 Å². The maximum Gasteiger partial charge on any atom is 0.230 e. The predicted molar refractivity (Wildman–Crippen MR) is 58.1 cm³/mol. The molecule has 1 aromatic rings. The van der Waals surface area contributed by atoms with Crippen LogP contribution in [0.3, 0.4) is 0 Å². The lowest BCUT2D eigenvalue weighted by molar-refractivity contribution is 0.143. The molecule has 0 atom stereocenters. The first-order valence-corrected chi connectivity index (χ1v) is 4.77. The van der Waals surface area contributed by atoms with Gasteiger partial charge in [0, 0.05) is 7.11 Å². The van der Waals surface area contributed by atoms with Crippen molar-refractivity contribution in [2.45, 2.75) is 0 Å². The van der Waals surface area contributed by atoms with Crippen molar-refractivity contribution in [3.63, 3.8) is 0 Å². The lowest BCUT2D eigenvalue weighted by Gasteiger charge is -2.08. The summed E-state index contributed by atoms with van der Waals surface area (Å²) in [7, 11) is 1.60. The van der Waals surface area contributed by atoms with E-state index in [1.807, 2.05) is 0 Å². The van der Waals surface area contributed by atoms with Gasteiger partial charge < -0.3 is 20.9 Å². The van der Waals surface area contributed by atoms with Crippen LogP contribution in [0.2, 0.25) is 0 Å². The number of ether oxygens (including phenoxy) is 2. The minimum Gasteiger partial charge on any atom is -0.474 e. The molecule has 14 heavy (non-hydrogen) atoms. The van der Waals surface area contributed by atoms with E-state index in [0.717, 1.165) is 0 Å². The van der Waals surface area contributed by atoms with Gasteiger partial charge in [-0.05, 0) is 22.0 Å². The molecular formula is C8H12BrN3O2. The quantitative estimate of drug-likeness (QED) is 0.792. The molecule has 1 rings (SSSR count). The average Bonchev–Trinajstić information content (AvgIpc) is 2.14. The second-order valence-electron chi connectivity index (χ2n) is 2.59. The number of pyridine rings is 1. The molecule has 0 aliphatic carbocycles. The van der Waals surface area contributed by atoms with Crippen molar-refractivity contribution < 1.29 is 9.47 Å². The van der Waals surface area contributed by atoms with E-state index >= 15 is 0 Å². The van der Waals surface area contributed by atoms with Gasteiger partial charge in [-0.3, -0.25) is 0 Å². The molecule has 0 amide bonds. The zero-order valence-corrected chi connectivity index (χ0v) is 9.37. The van der Waals surface area contributed by atoms with Crippen molar-refractivity contribution in [3.8, 4) is 5.88 Å². The molecule has 4 N–H and O–H groups in total. The number of nitrogens with two attached hydrogens (primary N) is 2. The van der Waals surface area contributed by atoms with E-state index in [0.29, 0.717) is 29.3 Å². The number of hydrogen-bond donors (Lipinski definition) is 2. The van der Waals surface area contributed by atoms with Gasteiger partial charge in [0.2, 0.25) is 5.88 Å². The van der Waals surface area contributed by atoms with Gasteiger partial charge in [0.1, 0.15) is 6.61 Å². The average molecular weight is 262 g/mol. The highest BCUT2D eigenvalue weighted by Crippen LogP contribution is 2.27. The van der Waals surface area contributed by atoms with E-state index in [1.54, 1.807) is 13.2 Å². The Balaban J connectivity index is 2.72. The smallest absolute Gasteiger partial charge is 0.230 e. The summed E-state index contributed by atoms with van der Waals surface area (Å²) in [6, 6.07) is 1.66. The van der Waals surface area contributed by atoms with Gasteiger partial charge >= 0.3 is 0 Å². The van der Waals surface area contributed by atoms with Crippen LogP contribution in [0.5, 0.6) is 5.88 Å². The van der Waals surface area contributed by atoms with Crippen molar-refractivity contribution in [2.75, 3.05) is 31.8 Å². The zero-order chi connectivity index (χ0) is 10.6. The molecule has 0 aliphatic rings. The molecule has 0 fully saturated rings. The number of nitrogen functional groups attached to an aromatic ring is 2. The highest BCUT2D eigenvalue weighted by molar-refractivity contribution is 9.10. The van der Waals surface area contributed by atoms with Gasteiger partial charge in [-0.25, -0.2) is 0 Å². The molecule has 0 radical (unpaired) electrons. The van der Waals surface area contributed by atoms with Gasteiger partial charge in [-0.15, -0.1) is 0 Å². The Hall–Kier alpha value is -1.01. The number of anilines is 2. The first-order chi connectivity index (χ1) is 6.65.